The topological polar surface area (TPSA) is 60.7 Å². The summed E-state index contributed by atoms with van der Waals surface area (Å²) in [6.45, 7) is 3.74. The zero-order valence-corrected chi connectivity index (χ0v) is 15.5. The Balaban J connectivity index is 2.00. The molecule has 0 radical (unpaired) electrons. The Labute approximate surface area is 158 Å². The van der Waals surface area contributed by atoms with Crippen LogP contribution >= 0.6 is 11.3 Å². The number of hydrogen-bond acceptors (Lipinski definition) is 5. The molecule has 7 heteroatoms. The third kappa shape index (κ3) is 3.29. The van der Waals surface area contributed by atoms with Gasteiger partial charge in [-0.15, -0.1) is 11.3 Å². The summed E-state index contributed by atoms with van der Waals surface area (Å²) in [4.78, 5) is 26.4. The van der Waals surface area contributed by atoms with Crippen molar-refractivity contribution in [3.8, 4) is 5.69 Å². The minimum Gasteiger partial charge on any atom is -0.268 e. The molecule has 134 valence electrons. The summed E-state index contributed by atoms with van der Waals surface area (Å²) in [5.41, 5.74) is 2.17. The molecule has 4 rings (SSSR count). The molecular weight excluding hydrogens is 363 g/mol. The Morgan fingerprint density at radius 1 is 1.15 bits per heavy atom. The molecule has 0 aliphatic rings. The number of thiazole rings is 1. The highest BCUT2D eigenvalue weighted by Crippen LogP contribution is 2.18. The second kappa shape index (κ2) is 6.85. The Kier molecular flexibility index (Phi) is 4.37. The number of pyridine rings is 1. The summed E-state index contributed by atoms with van der Waals surface area (Å²) in [7, 11) is 0. The van der Waals surface area contributed by atoms with Crippen molar-refractivity contribution < 1.29 is 4.39 Å². The fourth-order valence-corrected chi connectivity index (χ4v) is 3.43. The number of nitrogens with zero attached hydrogens (tertiary/aromatic N) is 4. The molecule has 0 unspecified atom stereocenters. The van der Waals surface area contributed by atoms with E-state index in [0.717, 1.165) is 10.7 Å². The van der Waals surface area contributed by atoms with E-state index >= 15 is 0 Å². The van der Waals surface area contributed by atoms with Crippen LogP contribution in [0, 0.1) is 19.7 Å². The lowest BCUT2D eigenvalue weighted by Crippen LogP contribution is -2.23. The fraction of sp³-hybridized carbons (Fsp3) is 0.100. The number of aromatic nitrogens is 4. The van der Waals surface area contributed by atoms with Gasteiger partial charge in [0.25, 0.3) is 5.56 Å². The molecular formula is C20H15FN4OS. The van der Waals surface area contributed by atoms with E-state index in [1.165, 1.54) is 22.8 Å². The molecule has 4 aromatic rings. The number of aryl methyl sites for hydroxylation is 2. The predicted molar refractivity (Wildman–Crippen MR) is 106 cm³/mol. The number of hydrogen-bond donors (Lipinski definition) is 0. The molecule has 0 saturated heterocycles. The van der Waals surface area contributed by atoms with Gasteiger partial charge in [-0.3, -0.25) is 14.3 Å². The van der Waals surface area contributed by atoms with Crippen molar-refractivity contribution in [3.05, 3.63) is 80.3 Å². The molecule has 0 fully saturated rings. The van der Waals surface area contributed by atoms with Gasteiger partial charge in [-0.1, -0.05) is 0 Å². The van der Waals surface area contributed by atoms with Crippen LogP contribution in [0.2, 0.25) is 0 Å². The van der Waals surface area contributed by atoms with Crippen LogP contribution < -0.4 is 5.56 Å². The Hall–Kier alpha value is -3.19. The third-order valence-electron chi connectivity index (χ3n) is 4.12. The average molecular weight is 378 g/mol. The molecule has 0 aliphatic heterocycles. The Bertz CT molecular complexity index is 1240. The predicted octanol–water partition coefficient (Wildman–Crippen LogP) is 4.16. The van der Waals surface area contributed by atoms with Crippen LogP contribution in [0.4, 0.5) is 4.39 Å². The Morgan fingerprint density at radius 3 is 2.74 bits per heavy atom. The summed E-state index contributed by atoms with van der Waals surface area (Å²) in [5, 5.41) is 3.11. The van der Waals surface area contributed by atoms with Crippen LogP contribution in [0.25, 0.3) is 28.7 Å². The van der Waals surface area contributed by atoms with Crippen molar-refractivity contribution >= 4 is 34.4 Å². The van der Waals surface area contributed by atoms with Gasteiger partial charge in [-0.05, 0) is 56.3 Å². The van der Waals surface area contributed by atoms with Gasteiger partial charge >= 0.3 is 0 Å². The maximum Gasteiger partial charge on any atom is 0.266 e. The van der Waals surface area contributed by atoms with Crippen LogP contribution in [0.3, 0.4) is 0 Å². The van der Waals surface area contributed by atoms with Crippen molar-refractivity contribution in [2.75, 3.05) is 0 Å². The molecule has 27 heavy (non-hydrogen) atoms. The normalized spacial score (nSPS) is 11.5. The number of halogens is 1. The largest absolute Gasteiger partial charge is 0.268 e. The molecule has 3 heterocycles. The van der Waals surface area contributed by atoms with Gasteiger partial charge in [-0.25, -0.2) is 14.4 Å². The molecule has 0 N–H and O–H groups in total. The summed E-state index contributed by atoms with van der Waals surface area (Å²) < 4.78 is 15.2. The van der Waals surface area contributed by atoms with Crippen molar-refractivity contribution in [3.63, 3.8) is 0 Å². The third-order valence-corrected chi connectivity index (χ3v) is 4.91. The van der Waals surface area contributed by atoms with E-state index < -0.39 is 5.82 Å². The standard InChI is InChI=1S/C20H15FN4OS/c1-12-18(4-3-9-22-12)25-19(8-6-15-11-27-13(2)23-15)24-17-7-5-14(21)10-16(17)20(25)26/h3-11H,1-2H3. The van der Waals surface area contributed by atoms with E-state index in [2.05, 4.69) is 15.0 Å². The lowest BCUT2D eigenvalue weighted by molar-refractivity contribution is 0.629. The monoisotopic (exact) mass is 378 g/mol. The molecule has 0 saturated carbocycles. The molecule has 3 aromatic heterocycles. The first-order valence-electron chi connectivity index (χ1n) is 8.27. The molecule has 0 amide bonds. The smallest absolute Gasteiger partial charge is 0.266 e. The van der Waals surface area contributed by atoms with Crippen LogP contribution in [-0.4, -0.2) is 19.5 Å². The molecule has 0 aliphatic carbocycles. The minimum absolute atomic E-state index is 0.222. The highest BCUT2D eigenvalue weighted by Gasteiger charge is 2.14. The van der Waals surface area contributed by atoms with E-state index in [0.29, 0.717) is 22.7 Å². The van der Waals surface area contributed by atoms with E-state index in [1.807, 2.05) is 25.3 Å². The van der Waals surface area contributed by atoms with Crippen LogP contribution in [0.15, 0.2) is 46.7 Å². The zero-order valence-electron chi connectivity index (χ0n) is 14.7. The summed E-state index contributed by atoms with van der Waals surface area (Å²) in [6, 6.07) is 7.56. The van der Waals surface area contributed by atoms with Crippen LogP contribution in [-0.2, 0) is 0 Å². The van der Waals surface area contributed by atoms with Gasteiger partial charge in [0.2, 0.25) is 0 Å². The van der Waals surface area contributed by atoms with E-state index in [1.54, 1.807) is 35.7 Å². The highest BCUT2D eigenvalue weighted by atomic mass is 32.1. The van der Waals surface area contributed by atoms with Crippen LogP contribution in [0.5, 0.6) is 0 Å². The molecule has 0 spiro atoms. The molecule has 0 bridgehead atoms. The number of fused-ring (bicyclic) bond motifs is 1. The first-order chi connectivity index (χ1) is 13.0. The van der Waals surface area contributed by atoms with Gasteiger partial charge in [-0.2, -0.15) is 0 Å². The van der Waals surface area contributed by atoms with Crippen LogP contribution in [0.1, 0.15) is 22.2 Å². The SMILES string of the molecule is Cc1nc(C=Cc2nc3ccc(F)cc3c(=O)n2-c2cccnc2C)cs1. The van der Waals surface area contributed by atoms with Crippen molar-refractivity contribution in [1.82, 2.24) is 19.5 Å². The maximum absolute atomic E-state index is 13.7. The van der Waals surface area contributed by atoms with E-state index in [4.69, 9.17) is 0 Å². The van der Waals surface area contributed by atoms with Crippen molar-refractivity contribution in [1.29, 1.82) is 0 Å². The lowest BCUT2D eigenvalue weighted by atomic mass is 10.2. The molecule has 5 nitrogen and oxygen atoms in total. The molecule has 1 aromatic carbocycles. The fourth-order valence-electron chi connectivity index (χ4n) is 2.85. The number of rotatable bonds is 3. The van der Waals surface area contributed by atoms with Gasteiger partial charge in [0, 0.05) is 11.6 Å². The first-order valence-corrected chi connectivity index (χ1v) is 9.15. The van der Waals surface area contributed by atoms with Gasteiger partial charge in [0.15, 0.2) is 0 Å². The second-order valence-corrected chi connectivity index (χ2v) is 7.07. The number of benzene rings is 1. The van der Waals surface area contributed by atoms with E-state index in [9.17, 15) is 9.18 Å². The summed E-state index contributed by atoms with van der Waals surface area (Å²) in [6.07, 6.45) is 5.21. The average Bonchev–Trinajstić information content (AvgIpc) is 3.07. The quantitative estimate of drug-likeness (QED) is 0.537. The molecule has 0 atom stereocenters. The highest BCUT2D eigenvalue weighted by molar-refractivity contribution is 7.09. The second-order valence-electron chi connectivity index (χ2n) is 6.00. The summed E-state index contributed by atoms with van der Waals surface area (Å²) >= 11 is 1.55. The van der Waals surface area contributed by atoms with Gasteiger partial charge < -0.3 is 0 Å². The zero-order chi connectivity index (χ0) is 19.0. The maximum atomic E-state index is 13.7. The Morgan fingerprint density at radius 2 is 2.00 bits per heavy atom. The first kappa shape index (κ1) is 17.2. The van der Waals surface area contributed by atoms with Gasteiger partial charge in [0.05, 0.1) is 33.0 Å². The van der Waals surface area contributed by atoms with Crippen molar-refractivity contribution in [2.24, 2.45) is 0 Å². The van der Waals surface area contributed by atoms with E-state index in [-0.39, 0.29) is 10.9 Å². The van der Waals surface area contributed by atoms with Gasteiger partial charge in [0.1, 0.15) is 11.6 Å². The lowest BCUT2D eigenvalue weighted by Gasteiger charge is -2.13. The summed E-state index contributed by atoms with van der Waals surface area (Å²) in [5.74, 6) is -0.0436. The van der Waals surface area contributed by atoms with Crippen molar-refractivity contribution in [2.45, 2.75) is 13.8 Å². The minimum atomic E-state index is -0.475.